The van der Waals surface area contributed by atoms with Crippen molar-refractivity contribution in [2.75, 3.05) is 0 Å². The number of hydrogen-bond acceptors (Lipinski definition) is 3. The van der Waals surface area contributed by atoms with E-state index in [4.69, 9.17) is 9.40 Å². The Labute approximate surface area is 281 Å². The number of nitrogens with zero attached hydrogens (tertiary/aromatic N) is 2. The Morgan fingerprint density at radius 2 is 1.69 bits per heavy atom. The molecular formula is C40H42IrN2O2-2. The summed E-state index contributed by atoms with van der Waals surface area (Å²) >= 11 is 0. The van der Waals surface area contributed by atoms with E-state index >= 15 is 0 Å². The molecule has 2 aliphatic rings. The number of rotatable bonds is 4. The van der Waals surface area contributed by atoms with Crippen molar-refractivity contribution >= 4 is 27.7 Å². The number of furan rings is 1. The normalized spacial score (nSPS) is 15.6. The van der Waals surface area contributed by atoms with E-state index in [1.54, 1.807) is 13.0 Å². The molecule has 5 aromatic rings. The Balaban J connectivity index is 0.000000243. The number of allylic oxidation sites excluding steroid dienone is 2. The monoisotopic (exact) mass is 775 g/mol. The number of para-hydroxylation sites is 1. The van der Waals surface area contributed by atoms with E-state index in [0.717, 1.165) is 39.4 Å². The van der Waals surface area contributed by atoms with E-state index in [-0.39, 0.29) is 31.3 Å². The van der Waals surface area contributed by atoms with Gasteiger partial charge >= 0.3 is 0 Å². The molecule has 1 radical (unpaired) electrons. The Morgan fingerprint density at radius 1 is 0.978 bits per heavy atom. The summed E-state index contributed by atoms with van der Waals surface area (Å²) in [6, 6.07) is 23.1. The summed E-state index contributed by atoms with van der Waals surface area (Å²) < 4.78 is 6.35. The number of fused-ring (bicyclic) bond motifs is 6. The number of hydrogen-bond donors (Lipinski definition) is 0. The van der Waals surface area contributed by atoms with Crippen LogP contribution in [0, 0.1) is 26.8 Å². The van der Waals surface area contributed by atoms with Crippen LogP contribution in [0.15, 0.2) is 70.8 Å². The van der Waals surface area contributed by atoms with Crippen molar-refractivity contribution in [2.24, 2.45) is 0 Å². The molecular weight excluding hydrogens is 733 g/mol. The zero-order valence-corrected chi connectivity index (χ0v) is 29.8. The zero-order valence-electron chi connectivity index (χ0n) is 27.4. The van der Waals surface area contributed by atoms with Gasteiger partial charge in [0.25, 0.3) is 0 Å². The van der Waals surface area contributed by atoms with Gasteiger partial charge in [-0.1, -0.05) is 88.8 Å². The smallest absolute Gasteiger partial charge is 0.151 e. The number of carbonyl (C=O) groups excluding carboxylic acids is 1. The minimum absolute atomic E-state index is 0. The number of ketones is 1. The van der Waals surface area contributed by atoms with Crippen LogP contribution in [0.1, 0.15) is 87.6 Å². The maximum Gasteiger partial charge on any atom is 0.151 e. The molecule has 0 spiro atoms. The second-order valence-electron chi connectivity index (χ2n) is 13.2. The molecule has 1 saturated carbocycles. The second-order valence-corrected chi connectivity index (χ2v) is 13.2. The molecule has 0 unspecified atom stereocenters. The fourth-order valence-electron chi connectivity index (χ4n) is 7.46. The van der Waals surface area contributed by atoms with Gasteiger partial charge in [-0.25, -0.2) is 0 Å². The molecule has 0 atom stereocenters. The Kier molecular flexibility index (Phi) is 9.54. The van der Waals surface area contributed by atoms with Gasteiger partial charge in [0.1, 0.15) is 11.3 Å². The summed E-state index contributed by atoms with van der Waals surface area (Å²) in [6.45, 7) is 14.5. The molecule has 1 fully saturated rings. The molecule has 2 aromatic heterocycles. The molecule has 0 saturated heterocycles. The van der Waals surface area contributed by atoms with Crippen molar-refractivity contribution < 1.29 is 29.3 Å². The third-order valence-electron chi connectivity index (χ3n) is 9.16. The molecule has 7 rings (SSSR count). The van der Waals surface area contributed by atoms with Crippen molar-refractivity contribution in [3.8, 4) is 22.6 Å². The Morgan fingerprint density at radius 3 is 2.42 bits per heavy atom. The van der Waals surface area contributed by atoms with Crippen LogP contribution in [0.25, 0.3) is 49.8 Å². The van der Waals surface area contributed by atoms with Gasteiger partial charge in [-0.3, -0.25) is 9.78 Å². The topological polar surface area (TPSA) is 57.2 Å². The van der Waals surface area contributed by atoms with Gasteiger partial charge in [-0.15, -0.1) is 35.4 Å². The molecule has 3 aromatic carbocycles. The number of aryl methyl sites for hydroxylation is 3. The summed E-state index contributed by atoms with van der Waals surface area (Å²) in [4.78, 5) is 15.9. The first-order chi connectivity index (χ1) is 21.0. The zero-order chi connectivity index (χ0) is 31.2. The molecule has 4 nitrogen and oxygen atoms in total. The molecule has 0 bridgehead atoms. The summed E-state index contributed by atoms with van der Waals surface area (Å²) in [6.07, 6.45) is 7.95. The van der Waals surface area contributed by atoms with Gasteiger partial charge in [0.15, 0.2) is 5.78 Å². The van der Waals surface area contributed by atoms with Crippen molar-refractivity contribution in [2.45, 2.75) is 92.0 Å². The standard InChI is InChI=1S/C29H24NO.C11H19NO.Ir/c1-16-13-17(2)25-18(3)15-22(30-23(25)14-16)19-10-8-11-21-26(19)29(4,5)27-20-9-6-7-12-24(20)31-28(21)27;1-9(8-10(2)13)12-11-6-4-3-5-7-11;/h6-9,11-15H,1-5H3;8,11H,3-7H2,1-2H3,(H,12,13);/q-1;;/p-1. The predicted octanol–water partition coefficient (Wildman–Crippen LogP) is 10.9. The number of carbonyl (C=O) groups is 1. The summed E-state index contributed by atoms with van der Waals surface area (Å²) in [5.74, 6) is 1.08. The number of pyridine rings is 1. The fraction of sp³-hybridized carbons (Fsp3) is 0.350. The van der Waals surface area contributed by atoms with Gasteiger partial charge in [-0.2, -0.15) is 5.70 Å². The van der Waals surface area contributed by atoms with Crippen LogP contribution >= 0.6 is 0 Å². The van der Waals surface area contributed by atoms with Gasteiger partial charge in [0, 0.05) is 36.4 Å². The largest absolute Gasteiger partial charge is 0.685 e. The van der Waals surface area contributed by atoms with Crippen LogP contribution < -0.4 is 0 Å². The van der Waals surface area contributed by atoms with E-state index < -0.39 is 0 Å². The molecule has 5 heteroatoms. The van der Waals surface area contributed by atoms with Gasteiger partial charge in [0.05, 0.1) is 5.52 Å². The van der Waals surface area contributed by atoms with Crippen LogP contribution in [0.5, 0.6) is 0 Å². The number of benzene rings is 3. The van der Waals surface area contributed by atoms with Crippen molar-refractivity contribution in [3.05, 3.63) is 106 Å². The van der Waals surface area contributed by atoms with E-state index in [1.165, 1.54) is 70.7 Å². The maximum absolute atomic E-state index is 10.8. The first-order valence-corrected chi connectivity index (χ1v) is 15.9. The van der Waals surface area contributed by atoms with Crippen molar-refractivity contribution in [1.82, 2.24) is 4.98 Å². The minimum Gasteiger partial charge on any atom is -0.685 e. The van der Waals surface area contributed by atoms with Crippen LogP contribution in [0.2, 0.25) is 0 Å². The molecule has 0 N–H and O–H groups in total. The fourth-order valence-corrected chi connectivity index (χ4v) is 7.46. The van der Waals surface area contributed by atoms with Gasteiger partial charge < -0.3 is 9.73 Å². The summed E-state index contributed by atoms with van der Waals surface area (Å²) in [5, 5.41) is 6.96. The predicted molar refractivity (Wildman–Crippen MR) is 182 cm³/mol. The molecule has 2 heterocycles. The molecule has 2 aliphatic carbocycles. The maximum atomic E-state index is 10.8. The third kappa shape index (κ3) is 6.30. The van der Waals surface area contributed by atoms with Crippen LogP contribution in [0.3, 0.4) is 0 Å². The Hall–Kier alpha value is -3.53. The first-order valence-electron chi connectivity index (χ1n) is 15.9. The van der Waals surface area contributed by atoms with E-state index in [2.05, 4.69) is 88.5 Å². The van der Waals surface area contributed by atoms with Gasteiger partial charge in [0.2, 0.25) is 0 Å². The quantitative estimate of drug-likeness (QED) is 0.135. The number of aromatic nitrogens is 1. The summed E-state index contributed by atoms with van der Waals surface area (Å²) in [5.41, 5.74) is 12.2. The molecule has 0 aliphatic heterocycles. The van der Waals surface area contributed by atoms with Crippen molar-refractivity contribution in [3.63, 3.8) is 0 Å². The van der Waals surface area contributed by atoms with E-state index in [9.17, 15) is 4.79 Å². The van der Waals surface area contributed by atoms with Crippen LogP contribution in [-0.4, -0.2) is 16.8 Å². The minimum atomic E-state index is -0.197. The van der Waals surface area contributed by atoms with E-state index in [1.807, 2.05) is 19.1 Å². The molecule has 235 valence electrons. The van der Waals surface area contributed by atoms with Crippen LogP contribution in [-0.2, 0) is 30.3 Å². The average Bonchev–Trinajstić information content (AvgIpc) is 3.46. The Bertz CT molecular complexity index is 1920. The summed E-state index contributed by atoms with van der Waals surface area (Å²) in [7, 11) is 0. The van der Waals surface area contributed by atoms with Crippen molar-refractivity contribution in [1.29, 1.82) is 0 Å². The first kappa shape index (κ1) is 32.9. The SMILES string of the molecule is CC(=O)/C=C(/C)[N-]C1CCCCC1.Cc1cc(C)c2c(C)cc(-c3[c-]ccc4c3C(C)(C)c3c-4oc4ccccc34)nc2c1.[Ir]. The van der Waals surface area contributed by atoms with Gasteiger partial charge in [-0.05, 0) is 73.7 Å². The van der Waals surface area contributed by atoms with Crippen LogP contribution in [0.4, 0.5) is 0 Å². The average molecular weight is 775 g/mol. The van der Waals surface area contributed by atoms with E-state index in [0.29, 0.717) is 6.04 Å². The molecule has 45 heavy (non-hydrogen) atoms. The third-order valence-corrected chi connectivity index (χ3v) is 9.16. The second kappa shape index (κ2) is 13.1. The molecule has 0 amide bonds.